The van der Waals surface area contributed by atoms with Crippen LogP contribution in [0.5, 0.6) is 0 Å². The predicted molar refractivity (Wildman–Crippen MR) is 94.5 cm³/mol. The van der Waals surface area contributed by atoms with Crippen molar-refractivity contribution in [1.82, 2.24) is 5.32 Å². The highest BCUT2D eigenvalue weighted by Crippen LogP contribution is 2.25. The normalized spacial score (nSPS) is 12.8. The summed E-state index contributed by atoms with van der Waals surface area (Å²) in [5.41, 5.74) is 1.77. The van der Waals surface area contributed by atoms with Crippen LogP contribution in [0.4, 0.5) is 5.69 Å². The molecule has 3 aromatic rings. The fraction of sp³-hybridized carbons (Fsp3) is 0.0500. The first-order valence-corrected chi connectivity index (χ1v) is 7.88. The first kappa shape index (κ1) is 15.1. The van der Waals surface area contributed by atoms with Gasteiger partial charge < -0.3 is 5.32 Å². The van der Waals surface area contributed by atoms with Gasteiger partial charge in [0.05, 0.1) is 23.2 Å². The Morgan fingerprint density at radius 2 is 1.64 bits per heavy atom. The summed E-state index contributed by atoms with van der Waals surface area (Å²) in [6.45, 7) is 0. The second kappa shape index (κ2) is 5.87. The summed E-state index contributed by atoms with van der Waals surface area (Å²) in [4.78, 5) is 36.1. The number of hydrogen-bond acceptors (Lipinski definition) is 3. The molecule has 4 rings (SSSR count). The molecule has 122 valence electrons. The van der Waals surface area contributed by atoms with E-state index in [4.69, 9.17) is 0 Å². The average Bonchev–Trinajstić information content (AvgIpc) is 2.90. The number of carbonyl (C=O) groups excluding carboxylic acids is 3. The zero-order valence-electron chi connectivity index (χ0n) is 13.2. The van der Waals surface area contributed by atoms with Crippen LogP contribution in [0.3, 0.4) is 0 Å². The van der Waals surface area contributed by atoms with Gasteiger partial charge in [0.15, 0.2) is 0 Å². The second-order valence-electron chi connectivity index (χ2n) is 5.87. The van der Waals surface area contributed by atoms with E-state index < -0.39 is 11.8 Å². The van der Waals surface area contributed by atoms with E-state index in [1.807, 2.05) is 42.5 Å². The van der Waals surface area contributed by atoms with Gasteiger partial charge in [0.25, 0.3) is 11.8 Å². The molecule has 0 bridgehead atoms. The van der Waals surface area contributed by atoms with Crippen LogP contribution in [-0.4, -0.2) is 17.7 Å². The Balaban J connectivity index is 1.62. The van der Waals surface area contributed by atoms with E-state index in [1.165, 1.54) is 0 Å². The zero-order valence-corrected chi connectivity index (χ0v) is 13.2. The standard InChI is InChI=1S/C20H14N2O3/c23-17(11-13-7-3-6-12-5-1-2-8-14(12)13)21-16-10-4-9-15-18(16)20(25)22-19(15)24/h1-10H,11H2,(H,21,23)(H,22,24,25). The smallest absolute Gasteiger partial charge is 0.261 e. The van der Waals surface area contributed by atoms with Gasteiger partial charge in [-0.15, -0.1) is 0 Å². The lowest BCUT2D eigenvalue weighted by atomic mass is 10.0. The number of amides is 3. The summed E-state index contributed by atoms with van der Waals surface area (Å²) in [5, 5.41) is 7.08. The van der Waals surface area contributed by atoms with E-state index in [1.54, 1.807) is 18.2 Å². The van der Waals surface area contributed by atoms with Gasteiger partial charge in [0.2, 0.25) is 5.91 Å². The van der Waals surface area contributed by atoms with Gasteiger partial charge in [0, 0.05) is 0 Å². The van der Waals surface area contributed by atoms with Crippen LogP contribution >= 0.6 is 0 Å². The molecule has 1 aliphatic heterocycles. The minimum atomic E-state index is -0.485. The predicted octanol–water partition coefficient (Wildman–Crippen LogP) is 2.90. The van der Waals surface area contributed by atoms with Crippen LogP contribution in [0.15, 0.2) is 60.7 Å². The number of rotatable bonds is 3. The van der Waals surface area contributed by atoms with Crippen molar-refractivity contribution in [2.45, 2.75) is 6.42 Å². The van der Waals surface area contributed by atoms with Gasteiger partial charge in [-0.1, -0.05) is 48.5 Å². The molecule has 5 nitrogen and oxygen atoms in total. The molecule has 25 heavy (non-hydrogen) atoms. The van der Waals surface area contributed by atoms with E-state index in [2.05, 4.69) is 10.6 Å². The van der Waals surface area contributed by atoms with E-state index in [0.717, 1.165) is 16.3 Å². The van der Waals surface area contributed by atoms with Crippen molar-refractivity contribution < 1.29 is 14.4 Å². The van der Waals surface area contributed by atoms with E-state index >= 15 is 0 Å². The third-order valence-corrected chi connectivity index (χ3v) is 4.27. The van der Waals surface area contributed by atoms with Crippen LogP contribution in [0, 0.1) is 0 Å². The Morgan fingerprint density at radius 3 is 2.52 bits per heavy atom. The number of carbonyl (C=O) groups is 3. The number of imide groups is 1. The molecule has 0 aliphatic carbocycles. The first-order chi connectivity index (χ1) is 12.1. The van der Waals surface area contributed by atoms with Crippen LogP contribution in [0.1, 0.15) is 26.3 Å². The van der Waals surface area contributed by atoms with Gasteiger partial charge in [-0.25, -0.2) is 0 Å². The highest BCUT2D eigenvalue weighted by atomic mass is 16.2. The molecule has 0 atom stereocenters. The Labute approximate surface area is 143 Å². The molecular formula is C20H14N2O3. The molecular weight excluding hydrogens is 316 g/mol. The van der Waals surface area contributed by atoms with Crippen LogP contribution in [0.25, 0.3) is 10.8 Å². The van der Waals surface area contributed by atoms with Gasteiger partial charge in [-0.3, -0.25) is 19.7 Å². The topological polar surface area (TPSA) is 75.3 Å². The van der Waals surface area contributed by atoms with Gasteiger partial charge in [-0.2, -0.15) is 0 Å². The Hall–Kier alpha value is -3.47. The minimum Gasteiger partial charge on any atom is -0.325 e. The third-order valence-electron chi connectivity index (χ3n) is 4.27. The van der Waals surface area contributed by atoms with Crippen molar-refractivity contribution in [2.24, 2.45) is 0 Å². The van der Waals surface area contributed by atoms with Crippen molar-refractivity contribution in [3.8, 4) is 0 Å². The SMILES string of the molecule is O=C(Cc1cccc2ccccc12)Nc1cccc2c1C(=O)NC2=O. The number of benzene rings is 3. The molecule has 2 N–H and O–H groups in total. The molecule has 3 amide bonds. The van der Waals surface area contributed by atoms with E-state index in [-0.39, 0.29) is 23.5 Å². The summed E-state index contributed by atoms with van der Waals surface area (Å²) in [6.07, 6.45) is 0.181. The molecule has 0 unspecified atom stereocenters. The summed E-state index contributed by atoms with van der Waals surface area (Å²) in [6, 6.07) is 18.5. The highest BCUT2D eigenvalue weighted by Gasteiger charge is 2.29. The molecule has 5 heteroatoms. The summed E-state index contributed by atoms with van der Waals surface area (Å²) >= 11 is 0. The fourth-order valence-corrected chi connectivity index (χ4v) is 3.14. The van der Waals surface area contributed by atoms with Gasteiger partial charge in [0.1, 0.15) is 0 Å². The van der Waals surface area contributed by atoms with Crippen LogP contribution < -0.4 is 10.6 Å². The first-order valence-electron chi connectivity index (χ1n) is 7.88. The maximum absolute atomic E-state index is 12.5. The molecule has 0 fully saturated rings. The van der Waals surface area contributed by atoms with E-state index in [9.17, 15) is 14.4 Å². The Kier molecular flexibility index (Phi) is 3.54. The zero-order chi connectivity index (χ0) is 17.4. The summed E-state index contributed by atoms with van der Waals surface area (Å²) < 4.78 is 0. The maximum Gasteiger partial charge on any atom is 0.261 e. The summed E-state index contributed by atoms with van der Waals surface area (Å²) in [7, 11) is 0. The van der Waals surface area contributed by atoms with Crippen molar-refractivity contribution in [1.29, 1.82) is 0 Å². The van der Waals surface area contributed by atoms with Crippen LogP contribution in [-0.2, 0) is 11.2 Å². The Morgan fingerprint density at radius 1 is 0.880 bits per heavy atom. The second-order valence-corrected chi connectivity index (χ2v) is 5.87. The molecule has 3 aromatic carbocycles. The fourth-order valence-electron chi connectivity index (χ4n) is 3.14. The Bertz CT molecular complexity index is 1030. The average molecular weight is 330 g/mol. The molecule has 1 heterocycles. The molecule has 0 aromatic heterocycles. The van der Waals surface area contributed by atoms with Gasteiger partial charge in [-0.05, 0) is 28.5 Å². The summed E-state index contributed by atoms with van der Waals surface area (Å²) in [5.74, 6) is -1.16. The molecule has 0 spiro atoms. The molecule has 0 saturated heterocycles. The molecule has 0 radical (unpaired) electrons. The van der Waals surface area contributed by atoms with E-state index in [0.29, 0.717) is 5.69 Å². The third kappa shape index (κ3) is 2.65. The lowest BCUT2D eigenvalue weighted by Gasteiger charge is -2.10. The van der Waals surface area contributed by atoms with Crippen molar-refractivity contribution in [3.63, 3.8) is 0 Å². The molecule has 1 aliphatic rings. The number of anilines is 1. The van der Waals surface area contributed by atoms with Crippen molar-refractivity contribution in [2.75, 3.05) is 5.32 Å². The largest absolute Gasteiger partial charge is 0.325 e. The van der Waals surface area contributed by atoms with Crippen LogP contribution in [0.2, 0.25) is 0 Å². The highest BCUT2D eigenvalue weighted by molar-refractivity contribution is 6.24. The van der Waals surface area contributed by atoms with Gasteiger partial charge >= 0.3 is 0 Å². The lowest BCUT2D eigenvalue weighted by Crippen LogP contribution is -2.21. The van der Waals surface area contributed by atoms with Crippen molar-refractivity contribution >= 4 is 34.2 Å². The minimum absolute atomic E-state index is 0.181. The monoisotopic (exact) mass is 330 g/mol. The van der Waals surface area contributed by atoms with Crippen molar-refractivity contribution in [3.05, 3.63) is 77.4 Å². The quantitative estimate of drug-likeness (QED) is 0.725. The maximum atomic E-state index is 12.5. The molecule has 0 saturated carbocycles. The number of nitrogens with one attached hydrogen (secondary N) is 2. The number of fused-ring (bicyclic) bond motifs is 2. The number of hydrogen-bond donors (Lipinski definition) is 2. The lowest BCUT2D eigenvalue weighted by molar-refractivity contribution is -0.115.